The van der Waals surface area contributed by atoms with Gasteiger partial charge in [0, 0.05) is 12.4 Å². The van der Waals surface area contributed by atoms with E-state index in [9.17, 15) is 35.6 Å². The molecule has 0 aliphatic rings. The van der Waals surface area contributed by atoms with Gasteiger partial charge in [-0.2, -0.15) is 27.2 Å². The van der Waals surface area contributed by atoms with Crippen molar-refractivity contribution in [3.05, 3.63) is 42.4 Å². The summed E-state index contributed by atoms with van der Waals surface area (Å²) in [7, 11) is -3.85. The molecule has 0 saturated heterocycles. The van der Waals surface area contributed by atoms with Crippen LogP contribution in [0.5, 0.6) is 5.75 Å². The maximum Gasteiger partial charge on any atom is 0.456 e. The lowest BCUT2D eigenvalue weighted by atomic mass is 9.87. The van der Waals surface area contributed by atoms with E-state index in [0.717, 1.165) is 6.20 Å². The minimum atomic E-state index is -5.78. The van der Waals surface area contributed by atoms with Crippen molar-refractivity contribution in [3.8, 4) is 23.3 Å². The Bertz CT molecular complexity index is 1380. The number of ether oxygens (including phenoxy) is 1. The van der Waals surface area contributed by atoms with Crippen LogP contribution in [0.1, 0.15) is 26.3 Å². The monoisotopic (exact) mass is 502 g/mol. The lowest BCUT2D eigenvalue weighted by Gasteiger charge is -2.20. The number of pyridine rings is 2. The van der Waals surface area contributed by atoms with Gasteiger partial charge in [-0.1, -0.05) is 6.92 Å². The number of alkyl halides is 5. The Morgan fingerprint density at radius 2 is 1.82 bits per heavy atom. The molecule has 0 unspecified atom stereocenters. The summed E-state index contributed by atoms with van der Waals surface area (Å²) in [6.07, 6.45) is -1.90. The Hall–Kier alpha value is -3.27. The van der Waals surface area contributed by atoms with Crippen LogP contribution in [0.15, 0.2) is 41.7 Å². The average Bonchev–Trinajstić information content (AvgIpc) is 3.21. The molecule has 7 nitrogen and oxygen atoms in total. The van der Waals surface area contributed by atoms with Crippen molar-refractivity contribution in [2.24, 2.45) is 0 Å². The van der Waals surface area contributed by atoms with Gasteiger partial charge in [-0.25, -0.2) is 13.4 Å². The first-order valence-corrected chi connectivity index (χ1v) is 11.5. The molecule has 3 aromatic rings. The Morgan fingerprint density at radius 3 is 2.41 bits per heavy atom. The van der Waals surface area contributed by atoms with Gasteiger partial charge in [0.05, 0.1) is 28.3 Å². The summed E-state index contributed by atoms with van der Waals surface area (Å²) in [5.41, 5.74) is -0.733. The molecule has 0 saturated carbocycles. The van der Waals surface area contributed by atoms with Crippen molar-refractivity contribution in [2.75, 3.05) is 12.4 Å². The molecule has 182 valence electrons. The van der Waals surface area contributed by atoms with Crippen molar-refractivity contribution in [3.63, 3.8) is 0 Å². The number of fused-ring (bicyclic) bond motifs is 1. The zero-order valence-corrected chi connectivity index (χ0v) is 19.0. The van der Waals surface area contributed by atoms with Crippen molar-refractivity contribution in [1.82, 2.24) is 14.4 Å². The standard InChI is InChI=1S/C21H19F5N4O3S/c1-4-34(31,32)16-8-13(19(2,3)11-27)9-28-17(16)18-29-10-14-15(6-5-7-30(14)18)33-12-20(22,23)21(24,25)26/h5-10H,4,12H2,1-3H3. The first kappa shape index (κ1) is 25.4. The maximum absolute atomic E-state index is 13.3. The Balaban J connectivity index is 2.14. The molecule has 0 aromatic carbocycles. The van der Waals surface area contributed by atoms with Crippen LogP contribution in [0.3, 0.4) is 0 Å². The molecule has 3 rings (SSSR count). The predicted octanol–water partition coefficient (Wildman–Crippen LogP) is 4.57. The van der Waals surface area contributed by atoms with E-state index in [1.807, 2.05) is 0 Å². The fourth-order valence-electron chi connectivity index (χ4n) is 2.95. The summed E-state index contributed by atoms with van der Waals surface area (Å²) in [6.45, 7) is 2.68. The van der Waals surface area contributed by atoms with Gasteiger partial charge >= 0.3 is 12.1 Å². The van der Waals surface area contributed by atoms with E-state index >= 15 is 0 Å². The quantitative estimate of drug-likeness (QED) is 0.439. The highest BCUT2D eigenvalue weighted by atomic mass is 32.2. The molecule has 0 aliphatic carbocycles. The third-order valence-electron chi connectivity index (χ3n) is 5.14. The molecule has 0 bridgehead atoms. The first-order chi connectivity index (χ1) is 15.6. The highest BCUT2D eigenvalue weighted by molar-refractivity contribution is 7.91. The van der Waals surface area contributed by atoms with Crippen LogP contribution < -0.4 is 4.74 Å². The summed E-state index contributed by atoms with van der Waals surface area (Å²) in [4.78, 5) is 8.15. The largest absolute Gasteiger partial charge is 0.485 e. The van der Waals surface area contributed by atoms with Gasteiger partial charge in [-0.15, -0.1) is 0 Å². The number of rotatable bonds is 7. The van der Waals surface area contributed by atoms with Gasteiger partial charge < -0.3 is 4.74 Å². The molecule has 0 amide bonds. The minimum absolute atomic E-state index is 0.00336. The van der Waals surface area contributed by atoms with Gasteiger partial charge in [0.25, 0.3) is 0 Å². The van der Waals surface area contributed by atoms with E-state index in [1.54, 1.807) is 13.8 Å². The normalized spacial score (nSPS) is 13.1. The van der Waals surface area contributed by atoms with Crippen LogP contribution in [0.25, 0.3) is 17.0 Å². The molecule has 0 N–H and O–H groups in total. The molecule has 0 atom stereocenters. The molecule has 0 aliphatic heterocycles. The second-order valence-corrected chi connectivity index (χ2v) is 10.2. The van der Waals surface area contributed by atoms with Crippen LogP contribution >= 0.6 is 0 Å². The van der Waals surface area contributed by atoms with Gasteiger partial charge in [-0.05, 0) is 37.6 Å². The van der Waals surface area contributed by atoms with Crippen LogP contribution in [-0.2, 0) is 15.3 Å². The molecular weight excluding hydrogens is 483 g/mol. The van der Waals surface area contributed by atoms with Gasteiger partial charge in [0.2, 0.25) is 0 Å². The molecule has 3 heterocycles. The van der Waals surface area contributed by atoms with Gasteiger partial charge in [-0.3, -0.25) is 9.38 Å². The third-order valence-corrected chi connectivity index (χ3v) is 6.88. The lowest BCUT2D eigenvalue weighted by Crippen LogP contribution is -2.41. The second-order valence-electron chi connectivity index (χ2n) is 7.91. The summed E-state index contributed by atoms with van der Waals surface area (Å²) in [5.74, 6) is -5.66. The predicted molar refractivity (Wildman–Crippen MR) is 111 cm³/mol. The number of hydrogen-bond donors (Lipinski definition) is 0. The van der Waals surface area contributed by atoms with Crippen molar-refractivity contribution >= 4 is 15.4 Å². The van der Waals surface area contributed by atoms with Crippen LogP contribution in [0.4, 0.5) is 22.0 Å². The summed E-state index contributed by atoms with van der Waals surface area (Å²) >= 11 is 0. The van der Waals surface area contributed by atoms with Crippen molar-refractivity contribution in [1.29, 1.82) is 5.26 Å². The molecule has 34 heavy (non-hydrogen) atoms. The molecule has 3 aromatic heterocycles. The topological polar surface area (TPSA) is 97.3 Å². The number of sulfone groups is 1. The summed E-state index contributed by atoms with van der Waals surface area (Å²) in [5, 5.41) is 9.40. The number of halogens is 5. The summed E-state index contributed by atoms with van der Waals surface area (Å²) in [6, 6.07) is 5.90. The zero-order valence-electron chi connectivity index (χ0n) is 18.2. The SMILES string of the molecule is CCS(=O)(=O)c1cc(C(C)(C)C#N)cnc1-c1ncc2c(OCC(F)(F)C(F)(F)F)cccn12. The average molecular weight is 502 g/mol. The Labute approximate surface area is 191 Å². The lowest BCUT2D eigenvalue weighted by molar-refractivity contribution is -0.289. The summed E-state index contributed by atoms with van der Waals surface area (Å²) < 4.78 is 95.7. The van der Waals surface area contributed by atoms with E-state index in [1.165, 1.54) is 41.9 Å². The molecule has 0 spiro atoms. The second kappa shape index (κ2) is 8.50. The molecule has 13 heteroatoms. The highest BCUT2D eigenvalue weighted by Gasteiger charge is 2.58. The molecule has 0 fully saturated rings. The first-order valence-electron chi connectivity index (χ1n) is 9.83. The van der Waals surface area contributed by atoms with Crippen molar-refractivity contribution in [2.45, 2.75) is 43.2 Å². The van der Waals surface area contributed by atoms with Crippen molar-refractivity contribution < 1.29 is 35.1 Å². The van der Waals surface area contributed by atoms with Crippen LogP contribution in [0, 0.1) is 11.3 Å². The maximum atomic E-state index is 13.3. The van der Waals surface area contributed by atoms with Gasteiger partial charge in [0.15, 0.2) is 22.3 Å². The fraction of sp³-hybridized carbons (Fsp3) is 0.381. The Morgan fingerprint density at radius 1 is 1.15 bits per heavy atom. The zero-order chi connectivity index (χ0) is 25.5. The molecule has 0 radical (unpaired) electrons. The smallest absolute Gasteiger partial charge is 0.456 e. The van der Waals surface area contributed by atoms with E-state index in [4.69, 9.17) is 4.74 Å². The minimum Gasteiger partial charge on any atom is -0.485 e. The van der Waals surface area contributed by atoms with E-state index in [0.29, 0.717) is 5.56 Å². The van der Waals surface area contributed by atoms with E-state index in [2.05, 4.69) is 16.0 Å². The van der Waals surface area contributed by atoms with Crippen LogP contribution in [0.2, 0.25) is 0 Å². The van der Waals surface area contributed by atoms with E-state index < -0.39 is 34.0 Å². The third kappa shape index (κ3) is 4.54. The highest BCUT2D eigenvalue weighted by Crippen LogP contribution is 2.37. The number of nitriles is 1. The van der Waals surface area contributed by atoms with Gasteiger partial charge in [0.1, 0.15) is 17.0 Å². The molecular formula is C21H19F5N4O3S. The number of imidazole rings is 1. The van der Waals surface area contributed by atoms with Crippen LogP contribution in [-0.4, -0.2) is 47.2 Å². The number of nitrogens with zero attached hydrogens (tertiary/aromatic N) is 4. The Kier molecular flexibility index (Phi) is 6.34. The fourth-order valence-corrected chi connectivity index (χ4v) is 4.01. The number of hydrogen-bond acceptors (Lipinski definition) is 6. The van der Waals surface area contributed by atoms with E-state index in [-0.39, 0.29) is 33.4 Å². The number of aromatic nitrogens is 3.